The summed E-state index contributed by atoms with van der Waals surface area (Å²) in [7, 11) is 1.58. The van der Waals surface area contributed by atoms with Crippen LogP contribution in [0.4, 0.5) is 4.39 Å². The van der Waals surface area contributed by atoms with E-state index in [1.807, 2.05) is 17.8 Å². The first-order valence-electron chi connectivity index (χ1n) is 6.42. The Hall–Kier alpha value is -0.740. The van der Waals surface area contributed by atoms with Gasteiger partial charge >= 0.3 is 0 Å². The Morgan fingerprint density at radius 1 is 1.44 bits per heavy atom. The molecule has 18 heavy (non-hydrogen) atoms. The van der Waals surface area contributed by atoms with Gasteiger partial charge in [0.05, 0.1) is 7.11 Å². The van der Waals surface area contributed by atoms with Crippen molar-refractivity contribution in [1.82, 2.24) is 5.32 Å². The minimum absolute atomic E-state index is 0.144. The monoisotopic (exact) mass is 269 g/mol. The van der Waals surface area contributed by atoms with Gasteiger partial charge in [-0.2, -0.15) is 11.8 Å². The molecule has 0 spiro atoms. The van der Waals surface area contributed by atoms with E-state index in [2.05, 4.69) is 19.2 Å². The van der Waals surface area contributed by atoms with Crippen LogP contribution in [-0.2, 0) is 5.75 Å². The third-order valence-corrected chi connectivity index (χ3v) is 4.90. The molecule has 0 aromatic heterocycles. The lowest BCUT2D eigenvalue weighted by atomic mass is 9.95. The molecule has 2 atom stereocenters. The molecule has 1 aromatic carbocycles. The van der Waals surface area contributed by atoms with Gasteiger partial charge in [0.25, 0.3) is 0 Å². The molecule has 0 saturated heterocycles. The number of methoxy groups -OCH3 is 1. The van der Waals surface area contributed by atoms with Gasteiger partial charge in [-0.3, -0.25) is 0 Å². The van der Waals surface area contributed by atoms with Crippen LogP contribution < -0.4 is 10.1 Å². The normalized spacial score (nSPS) is 22.7. The van der Waals surface area contributed by atoms with Crippen molar-refractivity contribution in [3.8, 4) is 5.75 Å². The highest BCUT2D eigenvalue weighted by Gasteiger charge is 2.30. The lowest BCUT2D eigenvalue weighted by molar-refractivity contribution is 0.407. The van der Waals surface area contributed by atoms with E-state index in [0.29, 0.717) is 11.0 Å². The predicted octanol–water partition coefficient (Wildman–Crippen LogP) is 3.51. The summed E-state index contributed by atoms with van der Waals surface area (Å²) in [6.45, 7) is 5.16. The van der Waals surface area contributed by atoms with E-state index in [1.165, 1.54) is 6.07 Å². The number of halogens is 1. The Balaban J connectivity index is 2.44. The highest BCUT2D eigenvalue weighted by Crippen LogP contribution is 2.41. The molecule has 4 heteroatoms. The number of hydrogen-bond acceptors (Lipinski definition) is 3. The van der Waals surface area contributed by atoms with E-state index in [0.717, 1.165) is 29.8 Å². The standard InChI is InChI=1S/C14H20FNOS/c1-4-13-14(16-5-2)10-6-9(17-3)7-12(15)11(10)8-18-13/h6-7,13-14,16H,4-5,8H2,1-3H3. The fraction of sp³-hybridized carbons (Fsp3) is 0.571. The molecule has 0 bridgehead atoms. The van der Waals surface area contributed by atoms with Gasteiger partial charge in [0, 0.05) is 28.7 Å². The van der Waals surface area contributed by atoms with Crippen molar-refractivity contribution in [2.45, 2.75) is 37.3 Å². The summed E-state index contributed by atoms with van der Waals surface area (Å²) in [6, 6.07) is 3.68. The third kappa shape index (κ3) is 2.50. The van der Waals surface area contributed by atoms with Crippen LogP contribution >= 0.6 is 11.8 Å². The summed E-state index contributed by atoms with van der Waals surface area (Å²) < 4.78 is 19.2. The number of ether oxygens (including phenoxy) is 1. The molecule has 0 saturated carbocycles. The molecular formula is C14H20FNOS. The smallest absolute Gasteiger partial charge is 0.131 e. The average molecular weight is 269 g/mol. The highest BCUT2D eigenvalue weighted by molar-refractivity contribution is 7.99. The Bertz CT molecular complexity index is 425. The molecule has 0 radical (unpaired) electrons. The van der Waals surface area contributed by atoms with Crippen molar-refractivity contribution >= 4 is 11.8 Å². The number of rotatable bonds is 4. The molecule has 1 N–H and O–H groups in total. The summed E-state index contributed by atoms with van der Waals surface area (Å²) in [5.74, 6) is 1.22. The van der Waals surface area contributed by atoms with Gasteiger partial charge in [-0.1, -0.05) is 13.8 Å². The molecule has 2 rings (SSSR count). The maximum absolute atomic E-state index is 14.0. The largest absolute Gasteiger partial charge is 0.497 e. The van der Waals surface area contributed by atoms with E-state index < -0.39 is 0 Å². The first-order valence-corrected chi connectivity index (χ1v) is 7.47. The SMILES string of the molecule is CCNC1c2cc(OC)cc(F)c2CSC1CC. The van der Waals surface area contributed by atoms with Crippen LogP contribution in [0, 0.1) is 5.82 Å². The molecule has 0 amide bonds. The zero-order chi connectivity index (χ0) is 13.1. The highest BCUT2D eigenvalue weighted by atomic mass is 32.2. The topological polar surface area (TPSA) is 21.3 Å². The molecule has 1 aromatic rings. The van der Waals surface area contributed by atoms with E-state index in [-0.39, 0.29) is 11.9 Å². The molecule has 1 aliphatic heterocycles. The zero-order valence-electron chi connectivity index (χ0n) is 11.1. The summed E-state index contributed by atoms with van der Waals surface area (Å²) in [6.07, 6.45) is 1.08. The van der Waals surface area contributed by atoms with E-state index in [9.17, 15) is 4.39 Å². The Labute approximate surface area is 112 Å². The van der Waals surface area contributed by atoms with E-state index in [4.69, 9.17) is 4.74 Å². The average Bonchev–Trinajstić information content (AvgIpc) is 2.39. The first kappa shape index (κ1) is 13.7. The molecule has 100 valence electrons. The second kappa shape index (κ2) is 5.93. The lowest BCUT2D eigenvalue weighted by Gasteiger charge is -2.33. The fourth-order valence-corrected chi connectivity index (χ4v) is 3.84. The quantitative estimate of drug-likeness (QED) is 0.904. The minimum Gasteiger partial charge on any atom is -0.497 e. The van der Waals surface area contributed by atoms with E-state index >= 15 is 0 Å². The molecule has 1 heterocycles. The first-order chi connectivity index (χ1) is 8.71. The predicted molar refractivity (Wildman–Crippen MR) is 74.7 cm³/mol. The van der Waals surface area contributed by atoms with Crippen molar-refractivity contribution in [1.29, 1.82) is 0 Å². The van der Waals surface area contributed by atoms with Crippen molar-refractivity contribution in [2.75, 3.05) is 13.7 Å². The van der Waals surface area contributed by atoms with Crippen molar-refractivity contribution in [2.24, 2.45) is 0 Å². The van der Waals surface area contributed by atoms with Crippen molar-refractivity contribution in [3.05, 3.63) is 29.1 Å². The van der Waals surface area contributed by atoms with Crippen LogP contribution in [0.2, 0.25) is 0 Å². The fourth-order valence-electron chi connectivity index (χ4n) is 2.48. The van der Waals surface area contributed by atoms with Gasteiger partial charge in [-0.05, 0) is 24.6 Å². The second-order valence-electron chi connectivity index (χ2n) is 4.47. The van der Waals surface area contributed by atoms with Crippen molar-refractivity contribution in [3.63, 3.8) is 0 Å². The maximum atomic E-state index is 14.0. The Morgan fingerprint density at radius 2 is 2.22 bits per heavy atom. The molecule has 2 unspecified atom stereocenters. The molecular weight excluding hydrogens is 249 g/mol. The van der Waals surface area contributed by atoms with Gasteiger partial charge in [0.2, 0.25) is 0 Å². The molecule has 0 fully saturated rings. The van der Waals surface area contributed by atoms with Crippen LogP contribution in [0.25, 0.3) is 0 Å². The maximum Gasteiger partial charge on any atom is 0.131 e. The summed E-state index contributed by atoms with van der Waals surface area (Å²) in [5.41, 5.74) is 1.90. The minimum atomic E-state index is -0.144. The second-order valence-corrected chi connectivity index (χ2v) is 5.70. The third-order valence-electron chi connectivity index (χ3n) is 3.41. The van der Waals surface area contributed by atoms with Gasteiger partial charge in [-0.25, -0.2) is 4.39 Å². The van der Waals surface area contributed by atoms with Gasteiger partial charge in [-0.15, -0.1) is 0 Å². The van der Waals surface area contributed by atoms with Gasteiger partial charge in [0.1, 0.15) is 11.6 Å². The molecule has 2 nitrogen and oxygen atoms in total. The van der Waals surface area contributed by atoms with Crippen LogP contribution in [-0.4, -0.2) is 18.9 Å². The number of fused-ring (bicyclic) bond motifs is 1. The lowest BCUT2D eigenvalue weighted by Crippen LogP contribution is -2.33. The van der Waals surface area contributed by atoms with Crippen molar-refractivity contribution < 1.29 is 9.13 Å². The Kier molecular flexibility index (Phi) is 4.51. The van der Waals surface area contributed by atoms with Crippen LogP contribution in [0.5, 0.6) is 5.75 Å². The summed E-state index contributed by atoms with van der Waals surface area (Å²) in [4.78, 5) is 0. The van der Waals surface area contributed by atoms with Gasteiger partial charge in [0.15, 0.2) is 0 Å². The van der Waals surface area contributed by atoms with Crippen LogP contribution in [0.1, 0.15) is 37.4 Å². The van der Waals surface area contributed by atoms with E-state index in [1.54, 1.807) is 7.11 Å². The number of thioether (sulfide) groups is 1. The van der Waals surface area contributed by atoms with Crippen LogP contribution in [0.15, 0.2) is 12.1 Å². The van der Waals surface area contributed by atoms with Gasteiger partial charge < -0.3 is 10.1 Å². The summed E-state index contributed by atoms with van der Waals surface area (Å²) in [5, 5.41) is 3.98. The number of hydrogen-bond donors (Lipinski definition) is 1. The number of nitrogens with one attached hydrogen (secondary N) is 1. The van der Waals surface area contributed by atoms with Crippen LogP contribution in [0.3, 0.4) is 0 Å². The molecule has 0 aliphatic carbocycles. The summed E-state index contributed by atoms with van der Waals surface area (Å²) >= 11 is 1.84. The number of benzene rings is 1. The molecule has 1 aliphatic rings. The zero-order valence-corrected chi connectivity index (χ0v) is 11.9. The Morgan fingerprint density at radius 3 is 2.83 bits per heavy atom.